The van der Waals surface area contributed by atoms with Crippen LogP contribution in [0.15, 0.2) is 76.3 Å². The van der Waals surface area contributed by atoms with Crippen LogP contribution in [0.25, 0.3) is 32.4 Å². The first-order valence-electron chi connectivity index (χ1n) is 13.6. The summed E-state index contributed by atoms with van der Waals surface area (Å²) in [4.78, 5) is 36.9. The van der Waals surface area contributed by atoms with Crippen molar-refractivity contribution < 1.29 is 0 Å². The molecule has 5 aromatic rings. The number of nitrogens with zero attached hydrogens (tertiary/aromatic N) is 3. The monoisotopic (exact) mass is 522 g/mol. The lowest BCUT2D eigenvalue weighted by atomic mass is 9.98. The summed E-state index contributed by atoms with van der Waals surface area (Å²) < 4.78 is 2.77. The molecule has 7 heteroatoms. The molecule has 3 heterocycles. The lowest BCUT2D eigenvalue weighted by Crippen LogP contribution is -2.19. The molecular weight excluding hydrogens is 492 g/mol. The first-order valence-corrected chi connectivity index (χ1v) is 14.4. The highest BCUT2D eigenvalue weighted by Crippen LogP contribution is 2.35. The Kier molecular flexibility index (Phi) is 5.98. The summed E-state index contributed by atoms with van der Waals surface area (Å²) in [6, 6.07) is 22.8. The van der Waals surface area contributed by atoms with Gasteiger partial charge in [0, 0.05) is 24.7 Å². The van der Waals surface area contributed by atoms with Crippen LogP contribution >= 0.6 is 11.5 Å². The van der Waals surface area contributed by atoms with E-state index in [1.165, 1.54) is 22.7 Å². The van der Waals surface area contributed by atoms with Crippen LogP contribution in [0, 0.1) is 0 Å². The summed E-state index contributed by atoms with van der Waals surface area (Å²) in [5.74, 6) is 0.438. The van der Waals surface area contributed by atoms with Crippen molar-refractivity contribution in [2.24, 2.45) is 0 Å². The Bertz CT molecular complexity index is 1750. The van der Waals surface area contributed by atoms with E-state index in [1.807, 2.05) is 28.2 Å². The largest absolute Gasteiger partial charge is 0.319 e. The molecule has 1 atom stereocenters. The molecule has 192 valence electrons. The van der Waals surface area contributed by atoms with Crippen LogP contribution in [-0.4, -0.2) is 31.9 Å². The van der Waals surface area contributed by atoms with Crippen LogP contribution in [0.2, 0.25) is 0 Å². The zero-order valence-electron chi connectivity index (χ0n) is 21.2. The Balaban J connectivity index is 1.20. The van der Waals surface area contributed by atoms with Gasteiger partial charge < -0.3 is 4.98 Å². The molecule has 7 rings (SSSR count). The minimum Gasteiger partial charge on any atom is -0.319 e. The van der Waals surface area contributed by atoms with Gasteiger partial charge in [-0.15, -0.1) is 0 Å². The molecule has 38 heavy (non-hydrogen) atoms. The number of rotatable bonds is 5. The second-order valence-corrected chi connectivity index (χ2v) is 11.7. The Morgan fingerprint density at radius 2 is 1.79 bits per heavy atom. The molecule has 1 aliphatic carbocycles. The van der Waals surface area contributed by atoms with Gasteiger partial charge in [0.15, 0.2) is 0 Å². The van der Waals surface area contributed by atoms with E-state index in [9.17, 15) is 9.59 Å². The zero-order chi connectivity index (χ0) is 25.6. The van der Waals surface area contributed by atoms with Crippen molar-refractivity contribution in [2.75, 3.05) is 13.1 Å². The maximum Gasteiger partial charge on any atom is 0.275 e. The highest BCUT2D eigenvalue weighted by atomic mass is 32.1. The maximum atomic E-state index is 13.3. The van der Waals surface area contributed by atoms with E-state index in [2.05, 4.69) is 52.3 Å². The molecule has 2 fully saturated rings. The van der Waals surface area contributed by atoms with Crippen molar-refractivity contribution in [1.29, 1.82) is 0 Å². The summed E-state index contributed by atoms with van der Waals surface area (Å²) in [6.45, 7) is 3.04. The SMILES string of the molecule is O=c1[nH]c2cc(C3CCN(Cc4ccccc4)C3)ccc2nc1-c1cccc2c(=O)n(C3CCCC3)sc12. The molecule has 3 aromatic carbocycles. The number of hydrogen-bond donors (Lipinski definition) is 1. The number of aromatic amines is 1. The van der Waals surface area contributed by atoms with Gasteiger partial charge in [-0.2, -0.15) is 0 Å². The predicted molar refractivity (Wildman–Crippen MR) is 154 cm³/mol. The van der Waals surface area contributed by atoms with E-state index in [0.717, 1.165) is 73.0 Å². The predicted octanol–water partition coefficient (Wildman–Crippen LogP) is 6.07. The van der Waals surface area contributed by atoms with E-state index in [1.54, 1.807) is 0 Å². The van der Waals surface area contributed by atoms with Crippen molar-refractivity contribution >= 4 is 32.7 Å². The van der Waals surface area contributed by atoms with Crippen molar-refractivity contribution in [3.05, 3.63) is 98.6 Å². The zero-order valence-corrected chi connectivity index (χ0v) is 22.0. The van der Waals surface area contributed by atoms with E-state index >= 15 is 0 Å². The molecular formula is C31H30N4O2S. The molecule has 2 aliphatic rings. The number of benzene rings is 3. The van der Waals surface area contributed by atoms with Gasteiger partial charge in [-0.05, 0) is 61.1 Å². The van der Waals surface area contributed by atoms with E-state index in [4.69, 9.17) is 4.98 Å². The molecule has 1 saturated carbocycles. The number of likely N-dealkylation sites (tertiary alicyclic amines) is 1. The van der Waals surface area contributed by atoms with E-state index < -0.39 is 0 Å². The van der Waals surface area contributed by atoms with Gasteiger partial charge in [0.1, 0.15) is 5.69 Å². The Labute approximate surface area is 224 Å². The molecule has 0 radical (unpaired) electrons. The Morgan fingerprint density at radius 1 is 0.947 bits per heavy atom. The summed E-state index contributed by atoms with van der Waals surface area (Å²) in [5.41, 5.74) is 5.07. The summed E-state index contributed by atoms with van der Waals surface area (Å²) in [5, 5.41) is 0.678. The van der Waals surface area contributed by atoms with Crippen LogP contribution in [-0.2, 0) is 6.54 Å². The van der Waals surface area contributed by atoms with Crippen LogP contribution in [0.3, 0.4) is 0 Å². The molecule has 0 amide bonds. The van der Waals surface area contributed by atoms with Crippen LogP contribution in [0.1, 0.15) is 55.2 Å². The minimum absolute atomic E-state index is 0.0541. The topological polar surface area (TPSA) is 71.0 Å². The van der Waals surface area contributed by atoms with E-state index in [0.29, 0.717) is 17.0 Å². The average molecular weight is 523 g/mol. The van der Waals surface area contributed by atoms with Crippen molar-refractivity contribution in [2.45, 2.75) is 50.6 Å². The molecule has 1 N–H and O–H groups in total. The van der Waals surface area contributed by atoms with Crippen molar-refractivity contribution in [3.8, 4) is 11.3 Å². The Hall–Kier alpha value is -3.55. The number of nitrogens with one attached hydrogen (secondary N) is 1. The quantitative estimate of drug-likeness (QED) is 0.304. The van der Waals surface area contributed by atoms with Crippen molar-refractivity contribution in [3.63, 3.8) is 0 Å². The molecule has 6 nitrogen and oxygen atoms in total. The number of fused-ring (bicyclic) bond motifs is 2. The fourth-order valence-electron chi connectivity index (χ4n) is 6.26. The van der Waals surface area contributed by atoms with Gasteiger partial charge in [-0.25, -0.2) is 4.98 Å². The van der Waals surface area contributed by atoms with Crippen LogP contribution < -0.4 is 11.1 Å². The smallest absolute Gasteiger partial charge is 0.275 e. The van der Waals surface area contributed by atoms with Gasteiger partial charge in [-0.1, -0.05) is 72.9 Å². The number of aromatic nitrogens is 3. The summed E-state index contributed by atoms with van der Waals surface area (Å²) >= 11 is 1.48. The fraction of sp³-hybridized carbons (Fsp3) is 0.323. The molecule has 0 bridgehead atoms. The van der Waals surface area contributed by atoms with Gasteiger partial charge in [0.05, 0.1) is 21.1 Å². The molecule has 2 aromatic heterocycles. The summed E-state index contributed by atoms with van der Waals surface area (Å²) in [6.07, 6.45) is 5.53. The third kappa shape index (κ3) is 4.20. The first-order chi connectivity index (χ1) is 18.6. The first kappa shape index (κ1) is 23.6. The third-order valence-electron chi connectivity index (χ3n) is 8.26. The Morgan fingerprint density at radius 3 is 2.63 bits per heavy atom. The maximum absolute atomic E-state index is 13.3. The van der Waals surface area contributed by atoms with Gasteiger partial charge in [0.2, 0.25) is 0 Å². The second-order valence-electron chi connectivity index (χ2n) is 10.7. The highest BCUT2D eigenvalue weighted by Gasteiger charge is 2.25. The highest BCUT2D eigenvalue weighted by molar-refractivity contribution is 7.14. The lowest BCUT2D eigenvalue weighted by molar-refractivity contribution is 0.327. The second kappa shape index (κ2) is 9.64. The standard InChI is InChI=1S/C31H30N4O2S/c36-30-28(24-11-6-12-25-29(24)38-35(31(25)37)23-9-4-5-10-23)32-26-14-13-21(17-27(26)33-30)22-15-16-34(19-22)18-20-7-2-1-3-8-20/h1-3,6-8,11-14,17,22-23H,4-5,9-10,15-16,18-19H2,(H,33,36). The average Bonchev–Trinajstić information content (AvgIpc) is 3.70. The molecule has 0 spiro atoms. The molecule has 1 saturated heterocycles. The third-order valence-corrected chi connectivity index (χ3v) is 9.54. The fourth-order valence-corrected chi connectivity index (χ4v) is 7.51. The normalized spacial score (nSPS) is 18.7. The van der Waals surface area contributed by atoms with Gasteiger partial charge >= 0.3 is 0 Å². The van der Waals surface area contributed by atoms with Crippen molar-refractivity contribution in [1.82, 2.24) is 18.8 Å². The van der Waals surface area contributed by atoms with E-state index in [-0.39, 0.29) is 17.2 Å². The summed E-state index contributed by atoms with van der Waals surface area (Å²) in [7, 11) is 0. The number of H-pyrrole nitrogens is 1. The molecule has 1 unspecified atom stereocenters. The van der Waals surface area contributed by atoms with Crippen LogP contribution in [0.5, 0.6) is 0 Å². The number of hydrogen-bond acceptors (Lipinski definition) is 5. The lowest BCUT2D eigenvalue weighted by Gasteiger charge is -2.16. The van der Waals surface area contributed by atoms with Crippen LogP contribution in [0.4, 0.5) is 0 Å². The van der Waals surface area contributed by atoms with Gasteiger partial charge in [-0.3, -0.25) is 18.4 Å². The van der Waals surface area contributed by atoms with Gasteiger partial charge in [0.25, 0.3) is 11.1 Å². The molecule has 1 aliphatic heterocycles. The minimum atomic E-state index is -0.215.